The van der Waals surface area contributed by atoms with E-state index in [0.717, 1.165) is 33.9 Å². The maximum Gasteiger partial charge on any atom is 0.294 e. The maximum absolute atomic E-state index is 14.1. The fourth-order valence-corrected chi connectivity index (χ4v) is 5.07. The standard InChI is InChI=1S/C27H29N7O3/c1-2-3-14-32-24-23(30-27(32)31-13-7-11-20(28)16-31)25(36)34(17-22(29)35)33(26(24)37)15-19-10-6-9-18-8-4-5-12-21(18)19/h4-6,8-10,12,20H,7,11,13-17,28H2,1H3,(H2,29,35)/t20-/m1/s1. The van der Waals surface area contributed by atoms with Gasteiger partial charge < -0.3 is 16.4 Å². The molecule has 0 bridgehead atoms. The zero-order valence-corrected chi connectivity index (χ0v) is 20.7. The van der Waals surface area contributed by atoms with Gasteiger partial charge in [0.1, 0.15) is 12.1 Å². The molecular weight excluding hydrogens is 470 g/mol. The van der Waals surface area contributed by atoms with Gasteiger partial charge in [-0.05, 0) is 36.1 Å². The van der Waals surface area contributed by atoms with E-state index in [2.05, 4.69) is 16.8 Å². The van der Waals surface area contributed by atoms with Crippen molar-refractivity contribution in [3.63, 3.8) is 0 Å². The van der Waals surface area contributed by atoms with Crippen LogP contribution in [0.3, 0.4) is 0 Å². The number of aromatic nitrogens is 4. The number of piperidine rings is 1. The van der Waals surface area contributed by atoms with Crippen molar-refractivity contribution in [3.05, 3.63) is 68.7 Å². The number of carbonyl (C=O) groups excluding carboxylic acids is 1. The fourth-order valence-electron chi connectivity index (χ4n) is 5.07. The van der Waals surface area contributed by atoms with E-state index in [4.69, 9.17) is 11.5 Å². The number of amides is 1. The molecule has 2 aromatic heterocycles. The highest BCUT2D eigenvalue weighted by molar-refractivity contribution is 5.85. The minimum atomic E-state index is -0.731. The molecule has 0 spiro atoms. The van der Waals surface area contributed by atoms with E-state index in [-0.39, 0.29) is 30.2 Å². The van der Waals surface area contributed by atoms with Crippen molar-refractivity contribution in [1.29, 1.82) is 0 Å². The number of hydrogen-bond donors (Lipinski definition) is 2. The molecule has 3 heterocycles. The summed E-state index contributed by atoms with van der Waals surface area (Å²) in [5, 5.41) is 1.95. The smallest absolute Gasteiger partial charge is 0.294 e. The third-order valence-corrected chi connectivity index (χ3v) is 6.77. The lowest BCUT2D eigenvalue weighted by Gasteiger charge is -2.31. The molecule has 0 unspecified atom stereocenters. The average molecular weight is 500 g/mol. The van der Waals surface area contributed by atoms with Crippen molar-refractivity contribution >= 4 is 33.7 Å². The van der Waals surface area contributed by atoms with Crippen molar-refractivity contribution in [2.24, 2.45) is 11.5 Å². The molecule has 2 aromatic carbocycles. The van der Waals surface area contributed by atoms with Crippen LogP contribution >= 0.6 is 0 Å². The van der Waals surface area contributed by atoms with Crippen molar-refractivity contribution in [2.45, 2.75) is 45.4 Å². The van der Waals surface area contributed by atoms with Crippen LogP contribution in [0.2, 0.25) is 0 Å². The Labute approximate surface area is 213 Å². The molecule has 1 atom stereocenters. The third-order valence-electron chi connectivity index (χ3n) is 6.77. The van der Waals surface area contributed by atoms with Gasteiger partial charge in [0.2, 0.25) is 11.9 Å². The predicted octanol–water partition coefficient (Wildman–Crippen LogP) is 0.997. The van der Waals surface area contributed by atoms with Gasteiger partial charge in [0.25, 0.3) is 11.1 Å². The molecule has 5 rings (SSSR count). The van der Waals surface area contributed by atoms with Crippen LogP contribution in [0.5, 0.6) is 0 Å². The second-order valence-corrected chi connectivity index (χ2v) is 9.30. The monoisotopic (exact) mass is 499 g/mol. The molecular formula is C27H29N7O3. The van der Waals surface area contributed by atoms with Crippen LogP contribution in [0.4, 0.5) is 5.95 Å². The maximum atomic E-state index is 14.1. The molecule has 10 nitrogen and oxygen atoms in total. The summed E-state index contributed by atoms with van der Waals surface area (Å²) in [6.45, 7) is 2.80. The molecule has 4 aromatic rings. The lowest BCUT2D eigenvalue weighted by Crippen LogP contribution is -2.44. The van der Waals surface area contributed by atoms with Crippen LogP contribution in [0, 0.1) is 11.8 Å². The van der Waals surface area contributed by atoms with Crippen molar-refractivity contribution in [3.8, 4) is 11.8 Å². The van der Waals surface area contributed by atoms with Gasteiger partial charge in [-0.3, -0.25) is 19.0 Å². The molecule has 0 aliphatic carbocycles. The zero-order chi connectivity index (χ0) is 26.1. The SMILES string of the molecule is CC#CCn1c(N2CCC[C@@H](N)C2)nc2c(=O)n(CC(N)=O)n(Cc3cccc4ccccc34)c(=O)c21. The van der Waals surface area contributed by atoms with Crippen LogP contribution in [0.1, 0.15) is 25.3 Å². The van der Waals surface area contributed by atoms with Crippen LogP contribution in [-0.4, -0.2) is 44.0 Å². The van der Waals surface area contributed by atoms with Gasteiger partial charge >= 0.3 is 0 Å². The molecule has 190 valence electrons. The van der Waals surface area contributed by atoms with Crippen molar-refractivity contribution < 1.29 is 4.79 Å². The minimum Gasteiger partial charge on any atom is -0.368 e. The summed E-state index contributed by atoms with van der Waals surface area (Å²) in [5.41, 5.74) is 11.7. The fraction of sp³-hybridized carbons (Fsp3) is 0.333. The number of nitrogens with zero attached hydrogens (tertiary/aromatic N) is 5. The molecule has 1 saturated heterocycles. The van der Waals surface area contributed by atoms with Crippen molar-refractivity contribution in [1.82, 2.24) is 18.9 Å². The Balaban J connectivity index is 1.77. The Morgan fingerprint density at radius 1 is 1.11 bits per heavy atom. The van der Waals surface area contributed by atoms with Gasteiger partial charge in [0.15, 0.2) is 5.52 Å². The Bertz CT molecular complexity index is 1680. The van der Waals surface area contributed by atoms with Gasteiger partial charge in [-0.1, -0.05) is 48.4 Å². The lowest BCUT2D eigenvalue weighted by molar-refractivity contribution is -0.119. The quantitative estimate of drug-likeness (QED) is 0.380. The molecule has 0 saturated carbocycles. The predicted molar refractivity (Wildman–Crippen MR) is 143 cm³/mol. The van der Waals surface area contributed by atoms with Gasteiger partial charge in [0.05, 0.1) is 13.1 Å². The molecule has 1 amide bonds. The Morgan fingerprint density at radius 2 is 1.89 bits per heavy atom. The number of fused-ring (bicyclic) bond motifs is 2. The van der Waals surface area contributed by atoms with E-state index >= 15 is 0 Å². The topological polar surface area (TPSA) is 134 Å². The largest absolute Gasteiger partial charge is 0.368 e. The molecule has 10 heteroatoms. The number of rotatable bonds is 6. The molecule has 1 fully saturated rings. The zero-order valence-electron chi connectivity index (χ0n) is 20.7. The number of imidazole rings is 1. The summed E-state index contributed by atoms with van der Waals surface area (Å²) >= 11 is 0. The third kappa shape index (κ3) is 4.49. The number of benzene rings is 2. The van der Waals surface area contributed by atoms with E-state index in [0.29, 0.717) is 19.0 Å². The first-order valence-electron chi connectivity index (χ1n) is 12.3. The Kier molecular flexibility index (Phi) is 6.54. The summed E-state index contributed by atoms with van der Waals surface area (Å²) in [7, 11) is 0. The molecule has 37 heavy (non-hydrogen) atoms. The molecule has 4 N–H and O–H groups in total. The van der Waals surface area contributed by atoms with Crippen LogP contribution in [-0.2, 0) is 24.4 Å². The van der Waals surface area contributed by atoms with E-state index < -0.39 is 23.6 Å². The molecule has 0 radical (unpaired) electrons. The number of carbonyl (C=O) groups is 1. The lowest BCUT2D eigenvalue weighted by atomic mass is 10.0. The van der Waals surface area contributed by atoms with Crippen LogP contribution in [0.25, 0.3) is 21.8 Å². The van der Waals surface area contributed by atoms with E-state index in [1.165, 1.54) is 4.68 Å². The first kappa shape index (κ1) is 24.3. The number of anilines is 1. The summed E-state index contributed by atoms with van der Waals surface area (Å²) in [6, 6.07) is 13.6. The van der Waals surface area contributed by atoms with Crippen molar-refractivity contribution in [2.75, 3.05) is 18.0 Å². The van der Waals surface area contributed by atoms with Gasteiger partial charge in [-0.15, -0.1) is 5.92 Å². The second kappa shape index (κ2) is 9.95. The minimum absolute atomic E-state index is 0.00697. The highest BCUT2D eigenvalue weighted by Gasteiger charge is 2.27. The van der Waals surface area contributed by atoms with Gasteiger partial charge in [-0.25, -0.2) is 14.3 Å². The molecule has 1 aliphatic heterocycles. The molecule has 1 aliphatic rings. The Hall–Kier alpha value is -4.36. The van der Waals surface area contributed by atoms with E-state index in [1.54, 1.807) is 11.5 Å². The van der Waals surface area contributed by atoms with E-state index in [1.807, 2.05) is 47.4 Å². The second-order valence-electron chi connectivity index (χ2n) is 9.30. The summed E-state index contributed by atoms with van der Waals surface area (Å²) in [6.07, 6.45) is 1.77. The van der Waals surface area contributed by atoms with Crippen LogP contribution in [0.15, 0.2) is 52.1 Å². The van der Waals surface area contributed by atoms with Gasteiger partial charge in [0, 0.05) is 19.1 Å². The number of primary amides is 1. The Morgan fingerprint density at radius 3 is 2.65 bits per heavy atom. The van der Waals surface area contributed by atoms with Crippen LogP contribution < -0.4 is 27.5 Å². The summed E-state index contributed by atoms with van der Waals surface area (Å²) < 4.78 is 4.09. The summed E-state index contributed by atoms with van der Waals surface area (Å²) in [4.78, 5) is 46.4. The normalized spacial score (nSPS) is 15.6. The van der Waals surface area contributed by atoms with E-state index in [9.17, 15) is 14.4 Å². The van der Waals surface area contributed by atoms with Gasteiger partial charge in [-0.2, -0.15) is 0 Å². The first-order valence-corrected chi connectivity index (χ1v) is 12.3. The summed E-state index contributed by atoms with van der Waals surface area (Å²) in [5.74, 6) is 5.62. The highest BCUT2D eigenvalue weighted by atomic mass is 16.2. The average Bonchev–Trinajstić information content (AvgIpc) is 3.28. The number of hydrogen-bond acceptors (Lipinski definition) is 6. The number of nitrogens with two attached hydrogens (primary N) is 2. The highest BCUT2D eigenvalue weighted by Crippen LogP contribution is 2.23. The first-order chi connectivity index (χ1) is 17.9.